The number of rotatable bonds is 6. The van der Waals surface area contributed by atoms with E-state index in [1.54, 1.807) is 7.11 Å². The van der Waals surface area contributed by atoms with Crippen molar-refractivity contribution in [2.75, 3.05) is 20.2 Å². The first-order chi connectivity index (χ1) is 10.2. The van der Waals surface area contributed by atoms with E-state index in [0.29, 0.717) is 18.7 Å². The summed E-state index contributed by atoms with van der Waals surface area (Å²) in [5, 5.41) is 3.76. The SMILES string of the molecule is COc1ccc2c(C(=O)NCCCCN)cc(C)nc2c1. The molecule has 0 spiro atoms. The smallest absolute Gasteiger partial charge is 0.252 e. The van der Waals surface area contributed by atoms with E-state index in [1.807, 2.05) is 31.2 Å². The van der Waals surface area contributed by atoms with Crippen LogP contribution in [-0.4, -0.2) is 31.1 Å². The van der Waals surface area contributed by atoms with Crippen LogP contribution in [-0.2, 0) is 0 Å². The zero-order valence-electron chi connectivity index (χ0n) is 12.5. The highest BCUT2D eigenvalue weighted by molar-refractivity contribution is 6.06. The minimum atomic E-state index is -0.0762. The average Bonchev–Trinajstić information content (AvgIpc) is 2.49. The van der Waals surface area contributed by atoms with Gasteiger partial charge >= 0.3 is 0 Å². The zero-order valence-corrected chi connectivity index (χ0v) is 12.5. The Bertz CT molecular complexity index is 641. The molecule has 0 fully saturated rings. The van der Waals surface area contributed by atoms with Crippen LogP contribution in [0, 0.1) is 6.92 Å². The molecular weight excluding hydrogens is 266 g/mol. The molecule has 0 aliphatic heterocycles. The highest BCUT2D eigenvalue weighted by atomic mass is 16.5. The van der Waals surface area contributed by atoms with Gasteiger partial charge in [-0.05, 0) is 44.5 Å². The number of carbonyl (C=O) groups excluding carboxylic acids is 1. The Kier molecular flexibility index (Phi) is 5.11. The molecule has 0 bridgehead atoms. The predicted molar refractivity (Wildman–Crippen MR) is 83.7 cm³/mol. The number of pyridine rings is 1. The monoisotopic (exact) mass is 287 g/mol. The predicted octanol–water partition coefficient (Wildman–Crippen LogP) is 2.02. The summed E-state index contributed by atoms with van der Waals surface area (Å²) in [7, 11) is 1.61. The second kappa shape index (κ2) is 7.04. The van der Waals surface area contributed by atoms with Gasteiger partial charge in [0.2, 0.25) is 0 Å². The molecule has 0 unspecified atom stereocenters. The number of ether oxygens (including phenoxy) is 1. The normalized spacial score (nSPS) is 10.6. The number of aromatic nitrogens is 1. The molecule has 1 heterocycles. The Morgan fingerprint density at radius 2 is 2.14 bits per heavy atom. The maximum absolute atomic E-state index is 12.3. The number of amides is 1. The van der Waals surface area contributed by atoms with E-state index in [0.717, 1.165) is 35.2 Å². The molecule has 0 radical (unpaired) electrons. The van der Waals surface area contributed by atoms with E-state index < -0.39 is 0 Å². The summed E-state index contributed by atoms with van der Waals surface area (Å²) in [5.41, 5.74) is 7.66. The van der Waals surface area contributed by atoms with Crippen molar-refractivity contribution >= 4 is 16.8 Å². The Morgan fingerprint density at radius 1 is 1.33 bits per heavy atom. The second-order valence-electron chi connectivity index (χ2n) is 4.95. The highest BCUT2D eigenvalue weighted by Gasteiger charge is 2.12. The minimum Gasteiger partial charge on any atom is -0.497 e. The van der Waals surface area contributed by atoms with Gasteiger partial charge < -0.3 is 15.8 Å². The third-order valence-corrected chi connectivity index (χ3v) is 3.31. The largest absolute Gasteiger partial charge is 0.497 e. The maximum atomic E-state index is 12.3. The molecule has 0 saturated carbocycles. The van der Waals surface area contributed by atoms with Gasteiger partial charge in [0.1, 0.15) is 5.75 Å². The number of unbranched alkanes of at least 4 members (excludes halogenated alkanes) is 1. The number of fused-ring (bicyclic) bond motifs is 1. The Morgan fingerprint density at radius 3 is 2.86 bits per heavy atom. The van der Waals surface area contributed by atoms with E-state index in [9.17, 15) is 4.79 Å². The van der Waals surface area contributed by atoms with Crippen LogP contribution in [0.1, 0.15) is 28.9 Å². The molecule has 112 valence electrons. The van der Waals surface area contributed by atoms with Crippen molar-refractivity contribution in [1.29, 1.82) is 0 Å². The average molecular weight is 287 g/mol. The Labute approximate surface area is 124 Å². The molecule has 0 atom stereocenters. The second-order valence-corrected chi connectivity index (χ2v) is 4.95. The van der Waals surface area contributed by atoms with Crippen molar-refractivity contribution in [3.05, 3.63) is 35.5 Å². The fraction of sp³-hybridized carbons (Fsp3) is 0.375. The number of methoxy groups -OCH3 is 1. The van der Waals surface area contributed by atoms with E-state index in [4.69, 9.17) is 10.5 Å². The Balaban J connectivity index is 2.28. The van der Waals surface area contributed by atoms with Gasteiger partial charge in [0.05, 0.1) is 18.2 Å². The summed E-state index contributed by atoms with van der Waals surface area (Å²) < 4.78 is 5.20. The van der Waals surface area contributed by atoms with Crippen LogP contribution in [0.2, 0.25) is 0 Å². The number of hydrogen-bond donors (Lipinski definition) is 2. The molecule has 1 aromatic heterocycles. The van der Waals surface area contributed by atoms with Crippen LogP contribution in [0.5, 0.6) is 5.75 Å². The lowest BCUT2D eigenvalue weighted by Crippen LogP contribution is -2.25. The summed E-state index contributed by atoms with van der Waals surface area (Å²) >= 11 is 0. The lowest BCUT2D eigenvalue weighted by molar-refractivity contribution is 0.0954. The summed E-state index contributed by atoms with van der Waals surface area (Å²) in [6, 6.07) is 7.36. The topological polar surface area (TPSA) is 77.2 Å². The highest BCUT2D eigenvalue weighted by Crippen LogP contribution is 2.23. The summed E-state index contributed by atoms with van der Waals surface area (Å²) in [6.45, 7) is 3.16. The molecule has 1 amide bonds. The molecule has 1 aromatic carbocycles. The molecule has 5 nitrogen and oxygen atoms in total. The number of aryl methyl sites for hydroxylation is 1. The van der Waals surface area contributed by atoms with Gasteiger partial charge in [-0.2, -0.15) is 0 Å². The molecule has 3 N–H and O–H groups in total. The van der Waals surface area contributed by atoms with Crippen LogP contribution in [0.15, 0.2) is 24.3 Å². The van der Waals surface area contributed by atoms with E-state index in [1.165, 1.54) is 0 Å². The van der Waals surface area contributed by atoms with Crippen LogP contribution >= 0.6 is 0 Å². The first kappa shape index (κ1) is 15.3. The van der Waals surface area contributed by atoms with Gasteiger partial charge in [0, 0.05) is 23.7 Å². The van der Waals surface area contributed by atoms with Crippen molar-refractivity contribution in [3.8, 4) is 5.75 Å². The number of nitrogens with two attached hydrogens (primary N) is 1. The van der Waals surface area contributed by atoms with Crippen LogP contribution < -0.4 is 15.8 Å². The number of nitrogens with one attached hydrogen (secondary N) is 1. The third-order valence-electron chi connectivity index (χ3n) is 3.31. The van der Waals surface area contributed by atoms with Gasteiger partial charge in [-0.15, -0.1) is 0 Å². The van der Waals surface area contributed by atoms with Gasteiger partial charge in [-0.1, -0.05) is 0 Å². The molecule has 0 saturated heterocycles. The van der Waals surface area contributed by atoms with Crippen LogP contribution in [0.4, 0.5) is 0 Å². The summed E-state index contributed by atoms with van der Waals surface area (Å²) in [5.74, 6) is 0.655. The van der Waals surface area contributed by atoms with Crippen LogP contribution in [0.25, 0.3) is 10.9 Å². The maximum Gasteiger partial charge on any atom is 0.252 e. The van der Waals surface area contributed by atoms with Gasteiger partial charge in [-0.3, -0.25) is 9.78 Å². The summed E-state index contributed by atoms with van der Waals surface area (Å²) in [4.78, 5) is 16.8. The fourth-order valence-corrected chi connectivity index (χ4v) is 2.22. The van der Waals surface area contributed by atoms with E-state index >= 15 is 0 Å². The number of nitrogens with zero attached hydrogens (tertiary/aromatic N) is 1. The van der Waals surface area contributed by atoms with Crippen molar-refractivity contribution in [1.82, 2.24) is 10.3 Å². The lowest BCUT2D eigenvalue weighted by Gasteiger charge is -2.10. The standard InChI is InChI=1S/C16H21N3O2/c1-11-9-14(16(20)18-8-4-3-7-17)13-6-5-12(21-2)10-15(13)19-11/h5-6,9-10H,3-4,7-8,17H2,1-2H3,(H,18,20). The molecule has 2 aromatic rings. The fourth-order valence-electron chi connectivity index (χ4n) is 2.22. The number of benzene rings is 1. The van der Waals surface area contributed by atoms with Crippen LogP contribution in [0.3, 0.4) is 0 Å². The molecular formula is C16H21N3O2. The van der Waals surface area contributed by atoms with E-state index in [-0.39, 0.29) is 5.91 Å². The van der Waals surface area contributed by atoms with Crippen molar-refractivity contribution in [2.45, 2.75) is 19.8 Å². The molecule has 0 aliphatic rings. The van der Waals surface area contributed by atoms with E-state index in [2.05, 4.69) is 10.3 Å². The zero-order chi connectivity index (χ0) is 15.2. The number of hydrogen-bond acceptors (Lipinski definition) is 4. The first-order valence-corrected chi connectivity index (χ1v) is 7.09. The van der Waals surface area contributed by atoms with Crippen molar-refractivity contribution < 1.29 is 9.53 Å². The molecule has 2 rings (SSSR count). The van der Waals surface area contributed by atoms with Gasteiger partial charge in [-0.25, -0.2) is 0 Å². The first-order valence-electron chi connectivity index (χ1n) is 7.09. The molecule has 5 heteroatoms. The van der Waals surface area contributed by atoms with Gasteiger partial charge in [0.25, 0.3) is 5.91 Å². The van der Waals surface area contributed by atoms with Gasteiger partial charge in [0.15, 0.2) is 0 Å². The Hall–Kier alpha value is -2.14. The third kappa shape index (κ3) is 3.70. The molecule has 0 aliphatic carbocycles. The quantitative estimate of drug-likeness (QED) is 0.797. The van der Waals surface area contributed by atoms with Crippen molar-refractivity contribution in [3.63, 3.8) is 0 Å². The van der Waals surface area contributed by atoms with Crippen molar-refractivity contribution in [2.24, 2.45) is 5.73 Å². The lowest BCUT2D eigenvalue weighted by atomic mass is 10.1. The summed E-state index contributed by atoms with van der Waals surface area (Å²) in [6.07, 6.45) is 1.80. The molecule has 21 heavy (non-hydrogen) atoms. The number of carbonyl (C=O) groups is 1. The minimum absolute atomic E-state index is 0.0762.